The lowest BCUT2D eigenvalue weighted by Gasteiger charge is -2.25. The fraction of sp³-hybridized carbons (Fsp3) is 0.192. The summed E-state index contributed by atoms with van der Waals surface area (Å²) in [7, 11) is 3.09. The Balaban J connectivity index is 2.07. The fourth-order valence-corrected chi connectivity index (χ4v) is 5.16. The highest BCUT2D eigenvalue weighted by atomic mass is 32.1. The van der Waals surface area contributed by atoms with E-state index in [0.29, 0.717) is 26.3 Å². The normalized spacial score (nSPS) is 15.4. The van der Waals surface area contributed by atoms with E-state index < -0.39 is 17.4 Å². The van der Waals surface area contributed by atoms with Gasteiger partial charge in [-0.25, -0.2) is 4.79 Å². The van der Waals surface area contributed by atoms with Crippen molar-refractivity contribution in [3.63, 3.8) is 0 Å². The predicted octanol–water partition coefficient (Wildman–Crippen LogP) is 1.92. The molecule has 0 aliphatic carbocycles. The smallest absolute Gasteiger partial charge is 0.338 e. The number of carbonyl (C=O) groups is 1. The lowest BCUT2D eigenvalue weighted by Crippen LogP contribution is -2.40. The van der Waals surface area contributed by atoms with Crippen LogP contribution in [0.1, 0.15) is 24.0 Å². The first-order chi connectivity index (χ1) is 16.9. The van der Waals surface area contributed by atoms with Crippen LogP contribution in [0.4, 0.5) is 0 Å². The summed E-state index contributed by atoms with van der Waals surface area (Å²) < 4.78 is 17.9. The van der Waals surface area contributed by atoms with Crippen LogP contribution in [0.25, 0.3) is 17.5 Å². The van der Waals surface area contributed by atoms with Gasteiger partial charge in [-0.15, -0.1) is 11.3 Å². The summed E-state index contributed by atoms with van der Waals surface area (Å²) in [6.45, 7) is 1.83. The van der Waals surface area contributed by atoms with Crippen molar-refractivity contribution in [1.29, 1.82) is 5.26 Å². The average Bonchev–Trinajstić information content (AvgIpc) is 3.19. The summed E-state index contributed by atoms with van der Waals surface area (Å²) in [6.07, 6.45) is 1.70. The number of fused-ring (bicyclic) bond motifs is 1. The molecule has 0 bridgehead atoms. The van der Waals surface area contributed by atoms with E-state index in [9.17, 15) is 14.9 Å². The van der Waals surface area contributed by atoms with Crippen LogP contribution < -0.4 is 30.0 Å². The van der Waals surface area contributed by atoms with E-state index in [0.717, 1.165) is 16.9 Å². The van der Waals surface area contributed by atoms with Crippen molar-refractivity contribution in [2.75, 3.05) is 20.8 Å². The van der Waals surface area contributed by atoms with Gasteiger partial charge in [0.2, 0.25) is 0 Å². The van der Waals surface area contributed by atoms with Crippen molar-refractivity contribution >= 4 is 34.8 Å². The number of ether oxygens (including phenoxy) is 3. The number of thiazole rings is 1. The number of rotatable bonds is 6. The zero-order chi connectivity index (χ0) is 25.1. The number of nitrogens with zero attached hydrogens (tertiary/aromatic N) is 2. The van der Waals surface area contributed by atoms with Gasteiger partial charge in [0.1, 0.15) is 22.0 Å². The van der Waals surface area contributed by atoms with E-state index in [1.807, 2.05) is 12.1 Å². The molecule has 2 N–H and O–H groups in total. The highest BCUT2D eigenvalue weighted by Crippen LogP contribution is 2.37. The molecule has 0 saturated heterocycles. The molecule has 2 aromatic carbocycles. The van der Waals surface area contributed by atoms with Gasteiger partial charge in [0.25, 0.3) is 5.56 Å². The minimum atomic E-state index is -0.822. The van der Waals surface area contributed by atoms with Gasteiger partial charge < -0.3 is 19.9 Å². The largest absolute Gasteiger partial charge is 0.497 e. The molecule has 0 saturated carbocycles. The monoisotopic (exact) mass is 489 g/mol. The average molecular weight is 490 g/mol. The minimum absolute atomic E-state index is 0.0186. The van der Waals surface area contributed by atoms with Crippen LogP contribution in [0.2, 0.25) is 0 Å². The SMILES string of the molecule is CCOC(=O)C1=c2s/c(=C\c3cccc(OC)c3)c(=O)n2C(N)=C(C#N)C1c1cccc(OC)c1. The van der Waals surface area contributed by atoms with E-state index in [1.165, 1.54) is 11.7 Å². The molecule has 1 unspecified atom stereocenters. The van der Waals surface area contributed by atoms with Gasteiger partial charge in [-0.1, -0.05) is 24.3 Å². The molecule has 3 aromatic rings. The first-order valence-corrected chi connectivity index (χ1v) is 11.6. The van der Waals surface area contributed by atoms with Crippen LogP contribution in [0.3, 0.4) is 0 Å². The summed E-state index contributed by atoms with van der Waals surface area (Å²) in [6, 6.07) is 16.4. The summed E-state index contributed by atoms with van der Waals surface area (Å²) >= 11 is 1.12. The lowest BCUT2D eigenvalue weighted by atomic mass is 9.84. The lowest BCUT2D eigenvalue weighted by molar-refractivity contribution is -0.136. The number of aromatic nitrogens is 1. The molecule has 0 amide bonds. The van der Waals surface area contributed by atoms with Crippen molar-refractivity contribution < 1.29 is 19.0 Å². The molecule has 35 heavy (non-hydrogen) atoms. The maximum absolute atomic E-state index is 13.4. The summed E-state index contributed by atoms with van der Waals surface area (Å²) in [4.78, 5) is 26.6. The Kier molecular flexibility index (Phi) is 6.75. The molecule has 8 nitrogen and oxygen atoms in total. The first-order valence-electron chi connectivity index (χ1n) is 10.8. The zero-order valence-electron chi connectivity index (χ0n) is 19.4. The highest BCUT2D eigenvalue weighted by Gasteiger charge is 2.36. The number of esters is 1. The Morgan fingerprint density at radius 2 is 1.86 bits per heavy atom. The number of nitriles is 1. The standard InChI is InChI=1S/C26H23N3O5S/c1-4-34-26(31)22-21(16-8-6-10-18(13-16)33-3)19(14-27)23(28)29-24(30)20(35-25(22)29)12-15-7-5-9-17(11-15)32-2/h5-13,21H,4,28H2,1-3H3/b20-12-. The summed E-state index contributed by atoms with van der Waals surface area (Å²) in [5.74, 6) is -0.263. The maximum atomic E-state index is 13.4. The second-order valence-electron chi connectivity index (χ2n) is 7.59. The molecular weight excluding hydrogens is 466 g/mol. The molecule has 1 aromatic heterocycles. The van der Waals surface area contributed by atoms with Crippen molar-refractivity contribution in [3.05, 3.63) is 84.8 Å². The van der Waals surface area contributed by atoms with Crippen LogP contribution in [0, 0.1) is 11.3 Å². The van der Waals surface area contributed by atoms with Gasteiger partial charge in [0.05, 0.1) is 48.5 Å². The number of nitrogens with two attached hydrogens (primary N) is 1. The van der Waals surface area contributed by atoms with Gasteiger partial charge in [-0.05, 0) is 48.4 Å². The third-order valence-electron chi connectivity index (χ3n) is 5.58. The first kappa shape index (κ1) is 23.9. The topological polar surface area (TPSA) is 117 Å². The number of carbonyl (C=O) groups excluding carboxylic acids is 1. The van der Waals surface area contributed by atoms with E-state index in [4.69, 9.17) is 19.9 Å². The molecule has 9 heteroatoms. The zero-order valence-corrected chi connectivity index (χ0v) is 20.2. The molecule has 1 aliphatic rings. The van der Waals surface area contributed by atoms with Crippen LogP contribution in [-0.2, 0) is 9.53 Å². The summed E-state index contributed by atoms with van der Waals surface area (Å²) in [5.41, 5.74) is 7.59. The maximum Gasteiger partial charge on any atom is 0.338 e. The fourth-order valence-electron chi connectivity index (χ4n) is 3.99. The predicted molar refractivity (Wildman–Crippen MR) is 133 cm³/mol. The van der Waals surface area contributed by atoms with Gasteiger partial charge in [-0.2, -0.15) is 5.26 Å². The third kappa shape index (κ3) is 4.32. The van der Waals surface area contributed by atoms with Crippen LogP contribution in [0.5, 0.6) is 11.5 Å². The van der Waals surface area contributed by atoms with E-state index in [1.54, 1.807) is 56.5 Å². The molecule has 4 rings (SSSR count). The molecule has 1 aliphatic heterocycles. The van der Waals surface area contributed by atoms with Crippen LogP contribution in [0.15, 0.2) is 58.9 Å². The van der Waals surface area contributed by atoms with Crippen molar-refractivity contribution in [2.45, 2.75) is 12.8 Å². The Bertz CT molecular complexity index is 1560. The third-order valence-corrected chi connectivity index (χ3v) is 6.69. The van der Waals surface area contributed by atoms with Gasteiger partial charge >= 0.3 is 5.97 Å². The second kappa shape index (κ2) is 9.91. The van der Waals surface area contributed by atoms with Crippen molar-refractivity contribution in [2.24, 2.45) is 5.73 Å². The second-order valence-corrected chi connectivity index (χ2v) is 8.62. The van der Waals surface area contributed by atoms with Crippen LogP contribution >= 0.6 is 11.3 Å². The Labute approximate surface area is 205 Å². The number of hydrogen-bond donors (Lipinski definition) is 1. The van der Waals surface area contributed by atoms with Crippen molar-refractivity contribution in [1.82, 2.24) is 4.57 Å². The molecular formula is C26H23N3O5S. The van der Waals surface area contributed by atoms with E-state index >= 15 is 0 Å². The number of benzene rings is 2. The number of allylic oxidation sites excluding steroid dienone is 1. The molecule has 0 spiro atoms. The molecule has 178 valence electrons. The van der Waals surface area contributed by atoms with Crippen LogP contribution in [-0.4, -0.2) is 31.4 Å². The number of hydrogen-bond acceptors (Lipinski definition) is 8. The molecule has 0 fully saturated rings. The minimum Gasteiger partial charge on any atom is -0.497 e. The van der Waals surface area contributed by atoms with Crippen molar-refractivity contribution in [3.8, 4) is 17.6 Å². The molecule has 0 radical (unpaired) electrons. The molecule has 1 atom stereocenters. The van der Waals surface area contributed by atoms with E-state index in [-0.39, 0.29) is 23.6 Å². The number of methoxy groups -OCH3 is 2. The highest BCUT2D eigenvalue weighted by molar-refractivity contribution is 7.07. The van der Waals surface area contributed by atoms with Gasteiger partial charge in [-0.3, -0.25) is 9.36 Å². The molecule has 2 heterocycles. The van der Waals surface area contributed by atoms with Gasteiger partial charge in [0, 0.05) is 0 Å². The Morgan fingerprint density at radius 3 is 2.51 bits per heavy atom. The van der Waals surface area contributed by atoms with Gasteiger partial charge in [0.15, 0.2) is 0 Å². The van der Waals surface area contributed by atoms with E-state index in [2.05, 4.69) is 6.07 Å². The quantitative estimate of drug-likeness (QED) is 0.526. The Hall–Kier alpha value is -4.29. The Morgan fingerprint density at radius 1 is 1.17 bits per heavy atom. The summed E-state index contributed by atoms with van der Waals surface area (Å²) in [5, 5.41) is 10.0.